The molecule has 56 valence electrons. The molecule has 1 atom stereocenters. The van der Waals surface area contributed by atoms with E-state index in [-0.39, 0.29) is 0 Å². The molecule has 0 radical (unpaired) electrons. The van der Waals surface area contributed by atoms with E-state index in [2.05, 4.69) is 25.3 Å². The Balaban J connectivity index is 2.88. The molecule has 0 saturated heterocycles. The lowest BCUT2D eigenvalue weighted by atomic mass is 10.1. The molecule has 0 amide bonds. The van der Waals surface area contributed by atoms with Crippen LogP contribution in [0.15, 0.2) is 61.3 Å². The summed E-state index contributed by atoms with van der Waals surface area (Å²) in [5, 5.41) is 0. The molecule has 1 aliphatic carbocycles. The minimum absolute atomic E-state index is 0.345. The van der Waals surface area contributed by atoms with Crippen molar-refractivity contribution in [2.24, 2.45) is 5.92 Å². The van der Waals surface area contributed by atoms with Crippen molar-refractivity contribution in [3.63, 3.8) is 0 Å². The quantitative estimate of drug-likeness (QED) is 0.522. The predicted octanol–water partition coefficient (Wildman–Crippen LogP) is 3.03. The zero-order chi connectivity index (χ0) is 8.10. The summed E-state index contributed by atoms with van der Waals surface area (Å²) in [7, 11) is 0. The Morgan fingerprint density at radius 2 is 2.09 bits per heavy atom. The summed E-state index contributed by atoms with van der Waals surface area (Å²) >= 11 is 0. The van der Waals surface area contributed by atoms with E-state index in [4.69, 9.17) is 0 Å². The van der Waals surface area contributed by atoms with Gasteiger partial charge in [-0.25, -0.2) is 0 Å². The summed E-state index contributed by atoms with van der Waals surface area (Å²) in [6.07, 6.45) is 14.1. The van der Waals surface area contributed by atoms with Crippen molar-refractivity contribution < 1.29 is 0 Å². The maximum absolute atomic E-state index is 3.74. The zero-order valence-electron chi connectivity index (χ0n) is 6.53. The Labute approximate surface area is 67.9 Å². The van der Waals surface area contributed by atoms with Crippen LogP contribution in [0.5, 0.6) is 0 Å². The first-order chi connectivity index (χ1) is 5.36. The van der Waals surface area contributed by atoms with Crippen LogP contribution in [0.25, 0.3) is 0 Å². The van der Waals surface area contributed by atoms with Gasteiger partial charge < -0.3 is 0 Å². The molecule has 0 heteroatoms. The van der Waals surface area contributed by atoms with Crippen molar-refractivity contribution in [3.05, 3.63) is 61.3 Å². The van der Waals surface area contributed by atoms with Crippen LogP contribution in [0.1, 0.15) is 0 Å². The van der Waals surface area contributed by atoms with Crippen LogP contribution in [-0.4, -0.2) is 0 Å². The van der Waals surface area contributed by atoms with Crippen LogP contribution in [0.4, 0.5) is 0 Å². The van der Waals surface area contributed by atoms with Crippen molar-refractivity contribution in [2.75, 3.05) is 0 Å². The monoisotopic (exact) mass is 144 g/mol. The summed E-state index contributed by atoms with van der Waals surface area (Å²) in [4.78, 5) is 0. The first-order valence-electron chi connectivity index (χ1n) is 3.68. The minimum Gasteiger partial charge on any atom is -0.102 e. The Hall–Kier alpha value is -1.30. The maximum Gasteiger partial charge on any atom is 0.0136 e. The van der Waals surface area contributed by atoms with Crippen molar-refractivity contribution in [2.45, 2.75) is 0 Å². The summed E-state index contributed by atoms with van der Waals surface area (Å²) in [6.45, 7) is 7.45. The minimum atomic E-state index is 0.345. The highest BCUT2D eigenvalue weighted by Gasteiger charge is 1.96. The van der Waals surface area contributed by atoms with Crippen molar-refractivity contribution in [1.29, 1.82) is 0 Å². The van der Waals surface area contributed by atoms with Crippen LogP contribution >= 0.6 is 0 Å². The van der Waals surface area contributed by atoms with E-state index in [1.54, 1.807) is 0 Å². The SMILES string of the molecule is C=CC1=C[C@@H](C=C)C=CC=C1. The standard InChI is InChI=1S/C11H12/c1-3-10-7-5-6-8-11(4-2)9-10/h3-10H,1-2H2/t10-/m0/s1. The molecule has 0 fully saturated rings. The highest BCUT2D eigenvalue weighted by atomic mass is 14.0. The van der Waals surface area contributed by atoms with Gasteiger partial charge in [-0.1, -0.05) is 49.1 Å². The van der Waals surface area contributed by atoms with Crippen LogP contribution < -0.4 is 0 Å². The molecule has 0 unspecified atom stereocenters. The molecule has 0 spiro atoms. The summed E-state index contributed by atoms with van der Waals surface area (Å²) in [5.74, 6) is 0.345. The highest BCUT2D eigenvalue weighted by Crippen LogP contribution is 2.12. The Bertz CT molecular complexity index is 239. The topological polar surface area (TPSA) is 0 Å². The van der Waals surface area contributed by atoms with Gasteiger partial charge in [0.1, 0.15) is 0 Å². The molecule has 1 aliphatic rings. The Morgan fingerprint density at radius 3 is 2.73 bits per heavy atom. The third-order valence-electron chi connectivity index (χ3n) is 1.63. The van der Waals surface area contributed by atoms with Crippen molar-refractivity contribution in [1.82, 2.24) is 0 Å². The maximum atomic E-state index is 3.74. The molecule has 0 bridgehead atoms. The van der Waals surface area contributed by atoms with Crippen LogP contribution in [0.2, 0.25) is 0 Å². The van der Waals surface area contributed by atoms with E-state index >= 15 is 0 Å². The normalized spacial score (nSPS) is 22.2. The predicted molar refractivity (Wildman–Crippen MR) is 50.2 cm³/mol. The van der Waals surface area contributed by atoms with E-state index in [0.29, 0.717) is 5.92 Å². The van der Waals surface area contributed by atoms with Gasteiger partial charge in [0, 0.05) is 5.92 Å². The molecular formula is C11H12. The molecule has 0 N–H and O–H groups in total. The van der Waals surface area contributed by atoms with E-state index in [1.807, 2.05) is 30.4 Å². The number of hydrogen-bond donors (Lipinski definition) is 0. The molecule has 0 heterocycles. The first kappa shape index (κ1) is 7.80. The van der Waals surface area contributed by atoms with Gasteiger partial charge >= 0.3 is 0 Å². The summed E-state index contributed by atoms with van der Waals surface area (Å²) < 4.78 is 0. The molecule has 0 aliphatic heterocycles. The lowest BCUT2D eigenvalue weighted by Gasteiger charge is -1.98. The molecule has 1 rings (SSSR count). The van der Waals surface area contributed by atoms with Gasteiger partial charge in [-0.2, -0.15) is 0 Å². The second kappa shape index (κ2) is 3.77. The second-order valence-corrected chi connectivity index (χ2v) is 2.43. The third-order valence-corrected chi connectivity index (χ3v) is 1.63. The van der Waals surface area contributed by atoms with Gasteiger partial charge in [-0.15, -0.1) is 6.58 Å². The Kier molecular flexibility index (Phi) is 2.67. The van der Waals surface area contributed by atoms with Crippen LogP contribution in [0, 0.1) is 5.92 Å². The fraction of sp³-hybridized carbons (Fsp3) is 0.0909. The highest BCUT2D eigenvalue weighted by molar-refractivity contribution is 5.36. The lowest BCUT2D eigenvalue weighted by molar-refractivity contribution is 1.07. The van der Waals surface area contributed by atoms with Gasteiger partial charge in [0.05, 0.1) is 0 Å². The fourth-order valence-corrected chi connectivity index (χ4v) is 0.975. The van der Waals surface area contributed by atoms with E-state index in [1.165, 1.54) is 0 Å². The molecular weight excluding hydrogens is 132 g/mol. The average Bonchev–Trinajstić information content (AvgIpc) is 2.28. The Morgan fingerprint density at radius 1 is 1.27 bits per heavy atom. The van der Waals surface area contributed by atoms with E-state index in [9.17, 15) is 0 Å². The summed E-state index contributed by atoms with van der Waals surface area (Å²) in [6, 6.07) is 0. The molecule has 0 nitrogen and oxygen atoms in total. The molecule has 0 aromatic carbocycles. The van der Waals surface area contributed by atoms with Gasteiger partial charge in [-0.05, 0) is 5.57 Å². The van der Waals surface area contributed by atoms with E-state index < -0.39 is 0 Å². The van der Waals surface area contributed by atoms with Gasteiger partial charge in [0.25, 0.3) is 0 Å². The zero-order valence-corrected chi connectivity index (χ0v) is 6.53. The fourth-order valence-electron chi connectivity index (χ4n) is 0.975. The smallest absolute Gasteiger partial charge is 0.0136 e. The number of rotatable bonds is 2. The molecule has 0 saturated carbocycles. The van der Waals surface area contributed by atoms with Crippen LogP contribution in [0.3, 0.4) is 0 Å². The number of hydrogen-bond acceptors (Lipinski definition) is 0. The molecule has 0 aromatic heterocycles. The largest absolute Gasteiger partial charge is 0.102 e. The van der Waals surface area contributed by atoms with Gasteiger partial charge in [-0.3, -0.25) is 0 Å². The van der Waals surface area contributed by atoms with Crippen molar-refractivity contribution >= 4 is 0 Å². The first-order valence-corrected chi connectivity index (χ1v) is 3.68. The lowest BCUT2D eigenvalue weighted by Crippen LogP contribution is -1.84. The van der Waals surface area contributed by atoms with Gasteiger partial charge in [0.15, 0.2) is 0 Å². The average molecular weight is 144 g/mol. The third kappa shape index (κ3) is 2.08. The van der Waals surface area contributed by atoms with Crippen LogP contribution in [-0.2, 0) is 0 Å². The second-order valence-electron chi connectivity index (χ2n) is 2.43. The number of allylic oxidation sites excluding steroid dienone is 8. The molecule has 11 heavy (non-hydrogen) atoms. The van der Waals surface area contributed by atoms with Gasteiger partial charge in [0.2, 0.25) is 0 Å². The molecule has 0 aromatic rings. The van der Waals surface area contributed by atoms with E-state index in [0.717, 1.165) is 5.57 Å². The summed E-state index contributed by atoms with van der Waals surface area (Å²) in [5.41, 5.74) is 1.15. The van der Waals surface area contributed by atoms with Crippen molar-refractivity contribution in [3.8, 4) is 0 Å².